The molecule has 2 aliphatic rings. The van der Waals surface area contributed by atoms with Gasteiger partial charge in [-0.25, -0.2) is 4.79 Å². The molecule has 1 saturated heterocycles. The highest BCUT2D eigenvalue weighted by molar-refractivity contribution is 5.89. The number of hydrogen-bond acceptors (Lipinski definition) is 3. The third kappa shape index (κ3) is 1.87. The average Bonchev–Trinajstić information content (AvgIpc) is 2.91. The third-order valence-corrected chi connectivity index (χ3v) is 3.17. The number of carboxylic acid groups (broad SMARTS) is 2. The van der Waals surface area contributed by atoms with Crippen LogP contribution in [0, 0.1) is 11.8 Å². The van der Waals surface area contributed by atoms with Crippen LogP contribution in [-0.4, -0.2) is 45.5 Å². The molecule has 1 heterocycles. The number of carbonyl (C=O) groups excluding carboxylic acids is 1. The summed E-state index contributed by atoms with van der Waals surface area (Å²) in [5.74, 6) is -3.16. The molecule has 1 aliphatic carbocycles. The molecule has 0 spiro atoms. The lowest BCUT2D eigenvalue weighted by Crippen LogP contribution is -2.44. The third-order valence-electron chi connectivity index (χ3n) is 3.17. The van der Waals surface area contributed by atoms with Crippen molar-refractivity contribution in [1.29, 1.82) is 0 Å². The van der Waals surface area contributed by atoms with Gasteiger partial charge in [0.25, 0.3) is 0 Å². The largest absolute Gasteiger partial charge is 0.481 e. The van der Waals surface area contributed by atoms with Gasteiger partial charge in [0.05, 0.1) is 5.92 Å². The second-order valence-corrected chi connectivity index (χ2v) is 4.41. The fraction of sp³-hybridized carbons (Fsp3) is 0.700. The number of rotatable bonds is 4. The van der Waals surface area contributed by atoms with Gasteiger partial charge in [0.1, 0.15) is 6.04 Å². The zero-order chi connectivity index (χ0) is 11.9. The normalized spacial score (nSPS) is 26.9. The number of aliphatic carboxylic acids is 2. The van der Waals surface area contributed by atoms with E-state index in [9.17, 15) is 14.4 Å². The Morgan fingerprint density at radius 1 is 1.31 bits per heavy atom. The van der Waals surface area contributed by atoms with Crippen LogP contribution < -0.4 is 0 Å². The van der Waals surface area contributed by atoms with Gasteiger partial charge in [0.2, 0.25) is 5.91 Å². The predicted molar refractivity (Wildman–Crippen MR) is 51.6 cm³/mol. The van der Waals surface area contributed by atoms with Gasteiger partial charge in [-0.2, -0.15) is 0 Å². The number of hydrogen-bond donors (Lipinski definition) is 2. The van der Waals surface area contributed by atoms with E-state index in [0.717, 1.165) is 12.8 Å². The second kappa shape index (κ2) is 3.77. The highest BCUT2D eigenvalue weighted by Crippen LogP contribution is 2.37. The molecule has 2 N–H and O–H groups in total. The maximum absolute atomic E-state index is 11.6. The summed E-state index contributed by atoms with van der Waals surface area (Å²) in [5.41, 5.74) is 0. The first-order valence-corrected chi connectivity index (χ1v) is 5.25. The first kappa shape index (κ1) is 10.9. The summed E-state index contributed by atoms with van der Waals surface area (Å²) >= 11 is 0. The molecule has 0 bridgehead atoms. The van der Waals surface area contributed by atoms with Gasteiger partial charge < -0.3 is 15.1 Å². The molecule has 0 aromatic rings. The molecule has 16 heavy (non-hydrogen) atoms. The Bertz CT molecular complexity index is 349. The van der Waals surface area contributed by atoms with E-state index in [0.29, 0.717) is 0 Å². The Kier molecular flexibility index (Phi) is 2.57. The van der Waals surface area contributed by atoms with Crippen molar-refractivity contribution in [3.63, 3.8) is 0 Å². The first-order valence-electron chi connectivity index (χ1n) is 5.25. The van der Waals surface area contributed by atoms with Crippen LogP contribution in [0.3, 0.4) is 0 Å². The van der Waals surface area contributed by atoms with E-state index in [1.165, 1.54) is 4.90 Å². The highest BCUT2D eigenvalue weighted by Gasteiger charge is 2.46. The molecule has 6 nitrogen and oxygen atoms in total. The van der Waals surface area contributed by atoms with Gasteiger partial charge >= 0.3 is 11.9 Å². The molecule has 2 rings (SSSR count). The van der Waals surface area contributed by atoms with Crippen molar-refractivity contribution < 1.29 is 24.6 Å². The van der Waals surface area contributed by atoms with E-state index in [1.54, 1.807) is 0 Å². The van der Waals surface area contributed by atoms with Crippen molar-refractivity contribution in [3.8, 4) is 0 Å². The van der Waals surface area contributed by atoms with E-state index in [2.05, 4.69) is 0 Å². The van der Waals surface area contributed by atoms with E-state index < -0.39 is 23.9 Å². The van der Waals surface area contributed by atoms with E-state index >= 15 is 0 Å². The monoisotopic (exact) mass is 227 g/mol. The van der Waals surface area contributed by atoms with Crippen molar-refractivity contribution in [2.24, 2.45) is 11.8 Å². The van der Waals surface area contributed by atoms with Gasteiger partial charge in [-0.15, -0.1) is 0 Å². The quantitative estimate of drug-likeness (QED) is 0.692. The molecule has 0 radical (unpaired) electrons. The number of likely N-dealkylation sites (tertiary alicyclic amines) is 1. The van der Waals surface area contributed by atoms with Crippen LogP contribution in [0.2, 0.25) is 0 Å². The van der Waals surface area contributed by atoms with Crippen LogP contribution in [0.4, 0.5) is 0 Å². The van der Waals surface area contributed by atoms with Crippen LogP contribution in [0.1, 0.15) is 19.3 Å². The predicted octanol–water partition coefficient (Wildman–Crippen LogP) is -0.217. The van der Waals surface area contributed by atoms with Gasteiger partial charge in [-0.1, -0.05) is 0 Å². The molecule has 0 aromatic carbocycles. The summed E-state index contributed by atoms with van der Waals surface area (Å²) in [6.45, 7) is 0.0294. The summed E-state index contributed by atoms with van der Waals surface area (Å²) in [4.78, 5) is 34.6. The maximum atomic E-state index is 11.6. The Labute approximate surface area is 91.8 Å². The minimum Gasteiger partial charge on any atom is -0.481 e. The fourth-order valence-electron chi connectivity index (χ4n) is 2.17. The van der Waals surface area contributed by atoms with Crippen LogP contribution in [0.5, 0.6) is 0 Å². The molecule has 0 aromatic heterocycles. The number of carboxylic acids is 2. The molecule has 2 fully saturated rings. The van der Waals surface area contributed by atoms with Gasteiger partial charge in [-0.05, 0) is 18.8 Å². The lowest BCUT2D eigenvalue weighted by atomic mass is 10.1. The number of amides is 1. The van der Waals surface area contributed by atoms with Gasteiger partial charge in [-0.3, -0.25) is 9.59 Å². The Morgan fingerprint density at radius 2 is 1.94 bits per heavy atom. The Balaban J connectivity index is 2.11. The molecular weight excluding hydrogens is 214 g/mol. The van der Waals surface area contributed by atoms with Crippen molar-refractivity contribution in [3.05, 3.63) is 0 Å². The molecule has 2 unspecified atom stereocenters. The molecule has 1 saturated carbocycles. The van der Waals surface area contributed by atoms with E-state index in [4.69, 9.17) is 10.2 Å². The van der Waals surface area contributed by atoms with Crippen LogP contribution >= 0.6 is 0 Å². The summed E-state index contributed by atoms with van der Waals surface area (Å²) < 4.78 is 0. The molecule has 1 amide bonds. The summed E-state index contributed by atoms with van der Waals surface area (Å²) in [5, 5.41) is 17.8. The van der Waals surface area contributed by atoms with Gasteiger partial charge in [0.15, 0.2) is 0 Å². The zero-order valence-corrected chi connectivity index (χ0v) is 8.63. The summed E-state index contributed by atoms with van der Waals surface area (Å²) in [7, 11) is 0. The highest BCUT2D eigenvalue weighted by atomic mass is 16.4. The standard InChI is InChI=1S/C10H13NO5/c12-7-3-6(9(13)14)4-11(7)8(10(15)16)5-1-2-5/h5-6,8H,1-4H2,(H,13,14)(H,15,16). The van der Waals surface area contributed by atoms with Gasteiger partial charge in [0, 0.05) is 13.0 Å². The topological polar surface area (TPSA) is 94.9 Å². The van der Waals surface area contributed by atoms with E-state index in [-0.39, 0.29) is 24.8 Å². The minimum atomic E-state index is -1.03. The molecule has 1 aliphatic heterocycles. The Morgan fingerprint density at radius 3 is 2.31 bits per heavy atom. The fourth-order valence-corrected chi connectivity index (χ4v) is 2.17. The second-order valence-electron chi connectivity index (χ2n) is 4.41. The SMILES string of the molecule is O=C(O)C1CC(=O)N(C(C(=O)O)C2CC2)C1. The van der Waals surface area contributed by atoms with Crippen LogP contribution in [0.15, 0.2) is 0 Å². The molecule has 6 heteroatoms. The Hall–Kier alpha value is -1.59. The summed E-state index contributed by atoms with van der Waals surface area (Å²) in [6.07, 6.45) is 1.53. The van der Waals surface area contributed by atoms with Crippen molar-refractivity contribution in [2.45, 2.75) is 25.3 Å². The molecular formula is C10H13NO5. The number of carbonyl (C=O) groups is 3. The molecule has 2 atom stereocenters. The lowest BCUT2D eigenvalue weighted by Gasteiger charge is -2.24. The smallest absolute Gasteiger partial charge is 0.326 e. The van der Waals surface area contributed by atoms with Crippen molar-refractivity contribution in [1.82, 2.24) is 4.90 Å². The average molecular weight is 227 g/mol. The maximum Gasteiger partial charge on any atom is 0.326 e. The van der Waals surface area contributed by atoms with Crippen molar-refractivity contribution in [2.75, 3.05) is 6.54 Å². The van der Waals surface area contributed by atoms with E-state index in [1.807, 2.05) is 0 Å². The molecule has 88 valence electrons. The van der Waals surface area contributed by atoms with Crippen molar-refractivity contribution >= 4 is 17.8 Å². The summed E-state index contributed by atoms with van der Waals surface area (Å²) in [6, 6.07) is -0.822. The van der Waals surface area contributed by atoms with Crippen LogP contribution in [0.25, 0.3) is 0 Å². The lowest BCUT2D eigenvalue weighted by molar-refractivity contribution is -0.149. The van der Waals surface area contributed by atoms with Crippen LogP contribution in [-0.2, 0) is 14.4 Å². The minimum absolute atomic E-state index is 0.00833. The first-order chi connectivity index (χ1) is 7.50. The number of nitrogens with zero attached hydrogens (tertiary/aromatic N) is 1. The zero-order valence-electron chi connectivity index (χ0n) is 8.63.